The summed E-state index contributed by atoms with van der Waals surface area (Å²) in [5.41, 5.74) is 2.67. The first-order valence-electron chi connectivity index (χ1n) is 7.11. The SMILES string of the molecule is Cc1ccc(N2C(=O)/C(=C/c3ccc(Cl)s3)C(=O)NC2=S)c(C)c1. The molecule has 0 radical (unpaired) electrons. The van der Waals surface area contributed by atoms with Gasteiger partial charge < -0.3 is 0 Å². The monoisotopic (exact) mass is 376 g/mol. The van der Waals surface area contributed by atoms with Crippen LogP contribution in [0.5, 0.6) is 0 Å². The van der Waals surface area contributed by atoms with Crippen molar-refractivity contribution in [3.63, 3.8) is 0 Å². The lowest BCUT2D eigenvalue weighted by Crippen LogP contribution is -2.54. The summed E-state index contributed by atoms with van der Waals surface area (Å²) in [4.78, 5) is 27.2. The Balaban J connectivity index is 2.04. The zero-order chi connectivity index (χ0) is 17.4. The molecule has 3 rings (SSSR count). The van der Waals surface area contributed by atoms with E-state index in [1.54, 1.807) is 12.1 Å². The molecule has 1 fully saturated rings. The second-order valence-electron chi connectivity index (χ2n) is 5.39. The van der Waals surface area contributed by atoms with Gasteiger partial charge in [0.25, 0.3) is 11.8 Å². The zero-order valence-electron chi connectivity index (χ0n) is 12.9. The fraction of sp³-hybridized carbons (Fsp3) is 0.118. The number of carbonyl (C=O) groups excluding carboxylic acids is 2. The lowest BCUT2D eigenvalue weighted by molar-refractivity contribution is -0.122. The molecule has 122 valence electrons. The lowest BCUT2D eigenvalue weighted by Gasteiger charge is -2.30. The number of anilines is 1. The van der Waals surface area contributed by atoms with Gasteiger partial charge in [0.05, 0.1) is 10.0 Å². The number of rotatable bonds is 2. The van der Waals surface area contributed by atoms with Crippen LogP contribution in [0.2, 0.25) is 4.34 Å². The Morgan fingerprint density at radius 2 is 1.96 bits per heavy atom. The number of thiocarbonyl (C=S) groups is 1. The van der Waals surface area contributed by atoms with E-state index >= 15 is 0 Å². The molecule has 0 atom stereocenters. The Kier molecular flexibility index (Phi) is 4.54. The molecular formula is C17H13ClN2O2S2. The number of amides is 2. The molecule has 2 aromatic rings. The van der Waals surface area contributed by atoms with Gasteiger partial charge in [0.2, 0.25) is 0 Å². The Morgan fingerprint density at radius 3 is 2.58 bits per heavy atom. The smallest absolute Gasteiger partial charge is 0.270 e. The Labute approximate surface area is 153 Å². The number of nitrogens with zero attached hydrogens (tertiary/aromatic N) is 1. The van der Waals surface area contributed by atoms with Crippen LogP contribution in [0.15, 0.2) is 35.9 Å². The molecule has 0 saturated carbocycles. The summed E-state index contributed by atoms with van der Waals surface area (Å²) in [6, 6.07) is 9.17. The Hall–Kier alpha value is -2.02. The number of thiophene rings is 1. The van der Waals surface area contributed by atoms with Gasteiger partial charge in [-0.1, -0.05) is 29.3 Å². The van der Waals surface area contributed by atoms with Crippen LogP contribution in [0.1, 0.15) is 16.0 Å². The van der Waals surface area contributed by atoms with Crippen molar-refractivity contribution in [3.05, 3.63) is 56.2 Å². The summed E-state index contributed by atoms with van der Waals surface area (Å²) in [6.45, 7) is 3.87. The van der Waals surface area contributed by atoms with Crippen LogP contribution in [-0.4, -0.2) is 16.9 Å². The average molecular weight is 377 g/mol. The fourth-order valence-electron chi connectivity index (χ4n) is 2.48. The first-order chi connectivity index (χ1) is 11.4. The second kappa shape index (κ2) is 6.47. The van der Waals surface area contributed by atoms with Crippen molar-refractivity contribution in [2.75, 3.05) is 4.90 Å². The van der Waals surface area contributed by atoms with Crippen molar-refractivity contribution >= 4 is 63.8 Å². The molecule has 0 aliphatic carbocycles. The predicted octanol–water partition coefficient (Wildman–Crippen LogP) is 3.85. The lowest BCUT2D eigenvalue weighted by atomic mass is 10.1. The molecule has 4 nitrogen and oxygen atoms in total. The molecule has 1 aliphatic rings. The Bertz CT molecular complexity index is 902. The van der Waals surface area contributed by atoms with Crippen molar-refractivity contribution in [3.8, 4) is 0 Å². The van der Waals surface area contributed by atoms with Gasteiger partial charge in [0.1, 0.15) is 5.57 Å². The van der Waals surface area contributed by atoms with E-state index in [9.17, 15) is 9.59 Å². The third kappa shape index (κ3) is 3.13. The van der Waals surface area contributed by atoms with Crippen LogP contribution in [0.3, 0.4) is 0 Å². The highest BCUT2D eigenvalue weighted by molar-refractivity contribution is 7.80. The first kappa shape index (κ1) is 16.8. The number of hydrogen-bond acceptors (Lipinski definition) is 4. The van der Waals surface area contributed by atoms with E-state index in [0.29, 0.717) is 10.0 Å². The van der Waals surface area contributed by atoms with E-state index in [-0.39, 0.29) is 10.7 Å². The third-order valence-electron chi connectivity index (χ3n) is 3.58. The molecule has 1 N–H and O–H groups in total. The third-order valence-corrected chi connectivity index (χ3v) is 5.04. The van der Waals surface area contributed by atoms with Gasteiger partial charge in [-0.15, -0.1) is 11.3 Å². The number of carbonyl (C=O) groups is 2. The van der Waals surface area contributed by atoms with Crippen LogP contribution in [0.25, 0.3) is 6.08 Å². The topological polar surface area (TPSA) is 49.4 Å². The van der Waals surface area contributed by atoms with Gasteiger partial charge in [0, 0.05) is 4.88 Å². The minimum absolute atomic E-state index is 0.0297. The van der Waals surface area contributed by atoms with Crippen molar-refractivity contribution in [1.82, 2.24) is 5.32 Å². The molecule has 0 spiro atoms. The van der Waals surface area contributed by atoms with E-state index in [2.05, 4.69) is 5.32 Å². The van der Waals surface area contributed by atoms with Crippen molar-refractivity contribution in [1.29, 1.82) is 0 Å². The number of nitrogens with one attached hydrogen (secondary N) is 1. The van der Waals surface area contributed by atoms with Crippen LogP contribution < -0.4 is 10.2 Å². The van der Waals surface area contributed by atoms with E-state index in [1.807, 2.05) is 32.0 Å². The van der Waals surface area contributed by atoms with Gasteiger partial charge in [-0.3, -0.25) is 19.8 Å². The highest BCUT2D eigenvalue weighted by atomic mass is 35.5. The maximum Gasteiger partial charge on any atom is 0.270 e. The van der Waals surface area contributed by atoms with Crippen LogP contribution in [0, 0.1) is 13.8 Å². The summed E-state index contributed by atoms with van der Waals surface area (Å²) in [5.74, 6) is -0.948. The number of aryl methyl sites for hydroxylation is 2. The molecule has 0 bridgehead atoms. The maximum atomic E-state index is 12.9. The van der Waals surface area contributed by atoms with Gasteiger partial charge in [-0.2, -0.15) is 0 Å². The van der Waals surface area contributed by atoms with Crippen LogP contribution in [0.4, 0.5) is 5.69 Å². The van der Waals surface area contributed by atoms with Gasteiger partial charge in [-0.25, -0.2) is 0 Å². The summed E-state index contributed by atoms with van der Waals surface area (Å²) in [6.07, 6.45) is 1.53. The van der Waals surface area contributed by atoms with Crippen molar-refractivity contribution in [2.24, 2.45) is 0 Å². The number of hydrogen-bond donors (Lipinski definition) is 1. The standard InChI is InChI=1S/C17H13ClN2O2S2/c1-9-3-5-13(10(2)7-9)20-16(22)12(15(21)19-17(20)23)8-11-4-6-14(18)24-11/h3-8H,1-2H3,(H,19,21,23)/b12-8+. The zero-order valence-corrected chi connectivity index (χ0v) is 15.3. The molecule has 1 aliphatic heterocycles. The molecule has 2 amide bonds. The van der Waals surface area contributed by atoms with Crippen molar-refractivity contribution < 1.29 is 9.59 Å². The summed E-state index contributed by atoms with van der Waals surface area (Å²) >= 11 is 12.4. The van der Waals surface area contributed by atoms with Gasteiger partial charge in [0.15, 0.2) is 5.11 Å². The molecule has 1 saturated heterocycles. The van der Waals surface area contributed by atoms with Crippen molar-refractivity contribution in [2.45, 2.75) is 13.8 Å². The maximum absolute atomic E-state index is 12.9. The minimum atomic E-state index is -0.504. The van der Waals surface area contributed by atoms with E-state index < -0.39 is 11.8 Å². The molecular weight excluding hydrogens is 364 g/mol. The molecule has 24 heavy (non-hydrogen) atoms. The van der Waals surface area contributed by atoms with E-state index in [1.165, 1.54) is 22.3 Å². The predicted molar refractivity (Wildman–Crippen MR) is 101 cm³/mol. The molecule has 2 heterocycles. The van der Waals surface area contributed by atoms with Crippen LogP contribution in [-0.2, 0) is 9.59 Å². The summed E-state index contributed by atoms with van der Waals surface area (Å²) in [7, 11) is 0. The number of benzene rings is 1. The average Bonchev–Trinajstić information content (AvgIpc) is 2.91. The molecule has 0 unspecified atom stereocenters. The van der Waals surface area contributed by atoms with E-state index in [4.69, 9.17) is 23.8 Å². The normalized spacial score (nSPS) is 16.7. The molecule has 7 heteroatoms. The second-order valence-corrected chi connectivity index (χ2v) is 7.52. The Morgan fingerprint density at radius 1 is 1.21 bits per heavy atom. The van der Waals surface area contributed by atoms with Gasteiger partial charge >= 0.3 is 0 Å². The highest BCUT2D eigenvalue weighted by Crippen LogP contribution is 2.28. The summed E-state index contributed by atoms with van der Waals surface area (Å²) < 4.78 is 0.590. The highest BCUT2D eigenvalue weighted by Gasteiger charge is 2.35. The number of halogens is 1. The summed E-state index contributed by atoms with van der Waals surface area (Å²) in [5, 5.41) is 2.66. The molecule has 1 aromatic heterocycles. The van der Waals surface area contributed by atoms with Gasteiger partial charge in [-0.05, 0) is 55.9 Å². The quantitative estimate of drug-likeness (QED) is 0.492. The first-order valence-corrected chi connectivity index (χ1v) is 8.71. The fourth-order valence-corrected chi connectivity index (χ4v) is 3.76. The van der Waals surface area contributed by atoms with E-state index in [0.717, 1.165) is 16.0 Å². The van der Waals surface area contributed by atoms with Crippen LogP contribution >= 0.6 is 35.2 Å². The largest absolute Gasteiger partial charge is 0.298 e. The molecule has 1 aromatic carbocycles. The minimum Gasteiger partial charge on any atom is -0.298 e.